The maximum absolute atomic E-state index is 6.17. The molecule has 0 aliphatic heterocycles. The first-order valence-electron chi connectivity index (χ1n) is 6.48. The normalized spacial score (nSPS) is 18.9. The number of anilines is 2. The van der Waals surface area contributed by atoms with Crippen molar-refractivity contribution in [1.82, 2.24) is 0 Å². The lowest BCUT2D eigenvalue weighted by atomic mass is 9.84. The summed E-state index contributed by atoms with van der Waals surface area (Å²) in [6, 6.07) is 6.15. The molecule has 1 aromatic carbocycles. The van der Waals surface area contributed by atoms with Gasteiger partial charge in [0.25, 0.3) is 0 Å². The summed E-state index contributed by atoms with van der Waals surface area (Å²) in [5, 5.41) is 4.24. The highest BCUT2D eigenvalue weighted by atomic mass is 35.5. The molecule has 2 rings (SSSR count). The zero-order chi connectivity index (χ0) is 12.3. The van der Waals surface area contributed by atoms with Gasteiger partial charge in [0.1, 0.15) is 0 Å². The number of halogens is 1. The van der Waals surface area contributed by atoms with Crippen molar-refractivity contribution < 1.29 is 0 Å². The Morgan fingerprint density at radius 1 is 1.29 bits per heavy atom. The van der Waals surface area contributed by atoms with Crippen molar-refractivity contribution in [2.45, 2.75) is 45.1 Å². The number of nitrogen functional groups attached to an aromatic ring is 1. The molecule has 3 N–H and O–H groups in total. The fourth-order valence-electron chi connectivity index (χ4n) is 2.65. The largest absolute Gasteiger partial charge is 0.399 e. The lowest BCUT2D eigenvalue weighted by molar-refractivity contribution is 0.328. The summed E-state index contributed by atoms with van der Waals surface area (Å²) >= 11 is 6.17. The second-order valence-corrected chi connectivity index (χ2v) is 5.48. The molecule has 1 aromatic rings. The SMILES string of the molecule is CC(Nc1ccc(N)cc1Cl)C1CCCCC1. The van der Waals surface area contributed by atoms with E-state index in [0.717, 1.165) is 11.6 Å². The number of hydrogen-bond donors (Lipinski definition) is 2. The third kappa shape index (κ3) is 3.29. The van der Waals surface area contributed by atoms with Crippen LogP contribution in [0.15, 0.2) is 18.2 Å². The highest BCUT2D eigenvalue weighted by molar-refractivity contribution is 6.33. The van der Waals surface area contributed by atoms with Gasteiger partial charge in [0, 0.05) is 11.7 Å². The van der Waals surface area contributed by atoms with E-state index in [1.165, 1.54) is 32.1 Å². The Morgan fingerprint density at radius 3 is 2.65 bits per heavy atom. The average Bonchev–Trinajstić information content (AvgIpc) is 2.34. The van der Waals surface area contributed by atoms with Gasteiger partial charge < -0.3 is 11.1 Å². The number of nitrogens with two attached hydrogens (primary N) is 1. The Morgan fingerprint density at radius 2 is 2.00 bits per heavy atom. The summed E-state index contributed by atoms with van der Waals surface area (Å²) in [6.07, 6.45) is 6.80. The standard InChI is InChI=1S/C14H21ClN2/c1-10(11-5-3-2-4-6-11)17-14-8-7-12(16)9-13(14)15/h7-11,17H,2-6,16H2,1H3. The van der Waals surface area contributed by atoms with Gasteiger partial charge in [0.15, 0.2) is 0 Å². The molecule has 1 atom stereocenters. The zero-order valence-electron chi connectivity index (χ0n) is 10.4. The van der Waals surface area contributed by atoms with Crippen LogP contribution in [0.1, 0.15) is 39.0 Å². The summed E-state index contributed by atoms with van der Waals surface area (Å²) in [7, 11) is 0. The summed E-state index contributed by atoms with van der Waals surface area (Å²) in [4.78, 5) is 0. The molecule has 3 heteroatoms. The molecule has 0 amide bonds. The van der Waals surface area contributed by atoms with Crippen molar-refractivity contribution in [1.29, 1.82) is 0 Å². The molecule has 0 saturated heterocycles. The third-order valence-electron chi connectivity index (χ3n) is 3.73. The number of nitrogens with one attached hydrogen (secondary N) is 1. The van der Waals surface area contributed by atoms with Crippen LogP contribution < -0.4 is 11.1 Å². The molecule has 0 bridgehead atoms. The van der Waals surface area contributed by atoms with Crippen LogP contribution in [0.3, 0.4) is 0 Å². The van der Waals surface area contributed by atoms with E-state index in [1.54, 1.807) is 6.07 Å². The predicted octanol–water partition coefficient (Wildman–Crippen LogP) is 4.30. The van der Waals surface area contributed by atoms with Gasteiger partial charge >= 0.3 is 0 Å². The molecule has 2 nitrogen and oxygen atoms in total. The molecule has 0 aromatic heterocycles. The highest BCUT2D eigenvalue weighted by Gasteiger charge is 2.20. The minimum absolute atomic E-state index is 0.483. The van der Waals surface area contributed by atoms with Crippen LogP contribution in [0.2, 0.25) is 5.02 Å². The molecule has 0 spiro atoms. The predicted molar refractivity (Wildman–Crippen MR) is 75.5 cm³/mol. The third-order valence-corrected chi connectivity index (χ3v) is 4.05. The zero-order valence-corrected chi connectivity index (χ0v) is 11.1. The van der Waals surface area contributed by atoms with E-state index in [-0.39, 0.29) is 0 Å². The molecule has 17 heavy (non-hydrogen) atoms. The summed E-state index contributed by atoms with van der Waals surface area (Å²) in [6.45, 7) is 2.25. The number of benzene rings is 1. The van der Waals surface area contributed by atoms with Gasteiger partial charge in [-0.15, -0.1) is 0 Å². The van der Waals surface area contributed by atoms with Crippen molar-refractivity contribution in [3.05, 3.63) is 23.2 Å². The Bertz CT molecular complexity index is 372. The van der Waals surface area contributed by atoms with Crippen molar-refractivity contribution in [2.24, 2.45) is 5.92 Å². The van der Waals surface area contributed by atoms with E-state index in [9.17, 15) is 0 Å². The Kier molecular flexibility index (Phi) is 4.16. The van der Waals surface area contributed by atoms with E-state index in [1.807, 2.05) is 12.1 Å². The fourth-order valence-corrected chi connectivity index (χ4v) is 2.89. The second-order valence-electron chi connectivity index (χ2n) is 5.07. The average molecular weight is 253 g/mol. The Labute approximate surface area is 109 Å². The van der Waals surface area contributed by atoms with Crippen LogP contribution in [0.5, 0.6) is 0 Å². The van der Waals surface area contributed by atoms with Crippen molar-refractivity contribution in [3.8, 4) is 0 Å². The molecule has 1 aliphatic carbocycles. The van der Waals surface area contributed by atoms with Crippen LogP contribution in [0.25, 0.3) is 0 Å². The van der Waals surface area contributed by atoms with Crippen LogP contribution in [0.4, 0.5) is 11.4 Å². The van der Waals surface area contributed by atoms with Gasteiger partial charge in [0.2, 0.25) is 0 Å². The smallest absolute Gasteiger partial charge is 0.0658 e. The molecule has 1 unspecified atom stereocenters. The van der Waals surface area contributed by atoms with Crippen molar-refractivity contribution in [3.63, 3.8) is 0 Å². The van der Waals surface area contributed by atoms with E-state index < -0.39 is 0 Å². The Balaban J connectivity index is 1.99. The molecule has 1 saturated carbocycles. The summed E-state index contributed by atoms with van der Waals surface area (Å²) in [5.41, 5.74) is 7.40. The quantitative estimate of drug-likeness (QED) is 0.787. The molecule has 0 heterocycles. The molecule has 1 fully saturated rings. The summed E-state index contributed by atoms with van der Waals surface area (Å²) < 4.78 is 0. The van der Waals surface area contributed by atoms with Crippen LogP contribution in [-0.2, 0) is 0 Å². The van der Waals surface area contributed by atoms with Crippen LogP contribution in [0, 0.1) is 5.92 Å². The topological polar surface area (TPSA) is 38.0 Å². The Hall–Kier alpha value is -0.890. The van der Waals surface area contributed by atoms with E-state index in [2.05, 4.69) is 12.2 Å². The van der Waals surface area contributed by atoms with Gasteiger partial charge in [-0.05, 0) is 43.9 Å². The van der Waals surface area contributed by atoms with Crippen LogP contribution in [-0.4, -0.2) is 6.04 Å². The van der Waals surface area contributed by atoms with E-state index in [0.29, 0.717) is 16.8 Å². The van der Waals surface area contributed by atoms with Crippen LogP contribution >= 0.6 is 11.6 Å². The van der Waals surface area contributed by atoms with Crippen molar-refractivity contribution >= 4 is 23.0 Å². The van der Waals surface area contributed by atoms with Gasteiger partial charge in [-0.1, -0.05) is 30.9 Å². The number of rotatable bonds is 3. The van der Waals surface area contributed by atoms with Gasteiger partial charge in [-0.2, -0.15) is 0 Å². The van der Waals surface area contributed by atoms with E-state index >= 15 is 0 Å². The van der Waals surface area contributed by atoms with E-state index in [4.69, 9.17) is 17.3 Å². The van der Waals surface area contributed by atoms with Crippen molar-refractivity contribution in [2.75, 3.05) is 11.1 Å². The number of hydrogen-bond acceptors (Lipinski definition) is 2. The monoisotopic (exact) mass is 252 g/mol. The first kappa shape index (κ1) is 12.6. The maximum Gasteiger partial charge on any atom is 0.0658 e. The minimum Gasteiger partial charge on any atom is -0.399 e. The first-order chi connectivity index (χ1) is 8.16. The van der Waals surface area contributed by atoms with Gasteiger partial charge in [-0.25, -0.2) is 0 Å². The lowest BCUT2D eigenvalue weighted by Gasteiger charge is -2.29. The molecule has 1 aliphatic rings. The summed E-state index contributed by atoms with van der Waals surface area (Å²) in [5.74, 6) is 0.775. The molecular weight excluding hydrogens is 232 g/mol. The molecule has 0 radical (unpaired) electrons. The maximum atomic E-state index is 6.17. The molecular formula is C14H21ClN2. The highest BCUT2D eigenvalue weighted by Crippen LogP contribution is 2.30. The molecule has 94 valence electrons. The van der Waals surface area contributed by atoms with Gasteiger partial charge in [-0.3, -0.25) is 0 Å². The first-order valence-corrected chi connectivity index (χ1v) is 6.86. The van der Waals surface area contributed by atoms with Gasteiger partial charge in [0.05, 0.1) is 10.7 Å². The lowest BCUT2D eigenvalue weighted by Crippen LogP contribution is -2.27. The second kappa shape index (κ2) is 5.63. The fraction of sp³-hybridized carbons (Fsp3) is 0.571. The minimum atomic E-state index is 0.483.